The summed E-state index contributed by atoms with van der Waals surface area (Å²) in [6, 6.07) is 15.4. The lowest BCUT2D eigenvalue weighted by Crippen LogP contribution is -2.33. The highest BCUT2D eigenvalue weighted by atomic mass is 32.2. The molecule has 0 saturated carbocycles. The van der Waals surface area contributed by atoms with E-state index in [1.165, 1.54) is 18.2 Å². The number of thiocarbonyl (C=S) groups is 1. The van der Waals surface area contributed by atoms with Gasteiger partial charge in [-0.15, -0.1) is 0 Å². The largest absolute Gasteiger partial charge is 0.494 e. The smallest absolute Gasteiger partial charge is 0.180 e. The molecule has 6 heteroatoms. The number of benzene rings is 2. The second-order valence-corrected chi connectivity index (χ2v) is 10.4. The first-order valence-electron chi connectivity index (χ1n) is 12.6. The standard InChI is InChI=1S/C28H37NO3S2/c1-3-5-20-31-24-14-10-22(11-15-24)26(30)27(34-28(33)29-18-8-7-9-19-29)23-12-16-25(17-13-23)32-21-6-4-2/h10-17,27H,3-9,18-21H2,1-2H3. The van der Waals surface area contributed by atoms with Gasteiger partial charge >= 0.3 is 0 Å². The lowest BCUT2D eigenvalue weighted by molar-refractivity contribution is 0.0989. The number of Topliss-reactive ketones (excluding diaryl/α,β-unsaturated/α-hetero) is 1. The molecular formula is C28H37NO3S2. The van der Waals surface area contributed by atoms with Crippen LogP contribution >= 0.6 is 24.0 Å². The maximum absolute atomic E-state index is 13.7. The van der Waals surface area contributed by atoms with Gasteiger partial charge in [-0.05, 0) is 74.1 Å². The summed E-state index contributed by atoms with van der Waals surface area (Å²) in [5, 5.41) is -0.397. The molecule has 0 spiro atoms. The topological polar surface area (TPSA) is 38.8 Å². The Bertz CT molecular complexity index is 893. The van der Waals surface area contributed by atoms with E-state index in [4.69, 9.17) is 21.7 Å². The van der Waals surface area contributed by atoms with Crippen LogP contribution in [0.5, 0.6) is 11.5 Å². The zero-order valence-corrected chi connectivity index (χ0v) is 22.1. The third-order valence-corrected chi connectivity index (χ3v) is 7.65. The number of ketones is 1. The first-order valence-corrected chi connectivity index (χ1v) is 13.9. The fourth-order valence-corrected chi connectivity index (χ4v) is 5.34. The molecule has 2 aromatic carbocycles. The van der Waals surface area contributed by atoms with E-state index in [9.17, 15) is 4.79 Å². The van der Waals surface area contributed by atoms with Crippen molar-refractivity contribution in [3.05, 3.63) is 59.7 Å². The van der Waals surface area contributed by atoms with Gasteiger partial charge in [0.2, 0.25) is 0 Å². The van der Waals surface area contributed by atoms with Crippen molar-refractivity contribution in [1.82, 2.24) is 4.90 Å². The summed E-state index contributed by atoms with van der Waals surface area (Å²) in [7, 11) is 0. The summed E-state index contributed by atoms with van der Waals surface area (Å²) in [6.07, 6.45) is 7.80. The minimum absolute atomic E-state index is 0.0594. The van der Waals surface area contributed by atoms with Crippen LogP contribution in [0.3, 0.4) is 0 Å². The number of thioether (sulfide) groups is 1. The number of ether oxygens (including phenoxy) is 2. The van der Waals surface area contributed by atoms with E-state index in [1.54, 1.807) is 0 Å². The van der Waals surface area contributed by atoms with Crippen molar-refractivity contribution in [3.63, 3.8) is 0 Å². The Labute approximate surface area is 214 Å². The summed E-state index contributed by atoms with van der Waals surface area (Å²) in [5.41, 5.74) is 1.62. The predicted octanol–water partition coefficient (Wildman–Crippen LogP) is 7.47. The molecule has 34 heavy (non-hydrogen) atoms. The lowest BCUT2D eigenvalue weighted by atomic mass is 10.0. The number of carbonyl (C=O) groups is 1. The fourth-order valence-electron chi connectivity index (χ4n) is 3.80. The Morgan fingerprint density at radius 2 is 1.41 bits per heavy atom. The molecular weight excluding hydrogens is 462 g/mol. The van der Waals surface area contributed by atoms with Crippen molar-refractivity contribution in [1.29, 1.82) is 0 Å². The summed E-state index contributed by atoms with van der Waals surface area (Å²) in [6.45, 7) is 7.63. The number of likely N-dealkylation sites (tertiary alicyclic amines) is 1. The Morgan fingerprint density at radius 3 is 1.94 bits per heavy atom. The number of hydrogen-bond acceptors (Lipinski definition) is 5. The molecule has 1 heterocycles. The van der Waals surface area contributed by atoms with Gasteiger partial charge in [0.15, 0.2) is 5.78 Å². The van der Waals surface area contributed by atoms with Crippen molar-refractivity contribution >= 4 is 34.1 Å². The van der Waals surface area contributed by atoms with Gasteiger partial charge in [0.1, 0.15) is 15.8 Å². The highest BCUT2D eigenvalue weighted by Gasteiger charge is 2.27. The van der Waals surface area contributed by atoms with Crippen LogP contribution < -0.4 is 9.47 Å². The van der Waals surface area contributed by atoms with E-state index in [2.05, 4.69) is 18.7 Å². The molecule has 0 N–H and O–H groups in total. The van der Waals surface area contributed by atoms with E-state index in [-0.39, 0.29) is 5.78 Å². The van der Waals surface area contributed by atoms with Gasteiger partial charge in [-0.25, -0.2) is 0 Å². The molecule has 0 amide bonds. The van der Waals surface area contributed by atoms with Crippen LogP contribution in [0.25, 0.3) is 0 Å². The highest BCUT2D eigenvalue weighted by molar-refractivity contribution is 8.23. The van der Waals surface area contributed by atoms with Gasteiger partial charge in [0.25, 0.3) is 0 Å². The van der Waals surface area contributed by atoms with Crippen LogP contribution in [0.1, 0.15) is 80.0 Å². The first-order chi connectivity index (χ1) is 16.6. The lowest BCUT2D eigenvalue weighted by Gasteiger charge is -2.30. The fraction of sp³-hybridized carbons (Fsp3) is 0.500. The van der Waals surface area contributed by atoms with Crippen LogP contribution in [-0.2, 0) is 0 Å². The average molecular weight is 500 g/mol. The molecule has 1 aliphatic rings. The van der Waals surface area contributed by atoms with Crippen molar-refractivity contribution in [2.24, 2.45) is 0 Å². The van der Waals surface area contributed by atoms with Gasteiger partial charge in [-0.1, -0.05) is 62.8 Å². The molecule has 4 nitrogen and oxygen atoms in total. The maximum Gasteiger partial charge on any atom is 0.180 e. The second kappa shape index (κ2) is 14.4. The van der Waals surface area contributed by atoms with Crippen molar-refractivity contribution < 1.29 is 14.3 Å². The molecule has 2 aromatic rings. The zero-order chi connectivity index (χ0) is 24.2. The normalized spacial score (nSPS) is 14.5. The molecule has 1 fully saturated rings. The van der Waals surface area contributed by atoms with Gasteiger partial charge in [0.05, 0.1) is 18.5 Å². The van der Waals surface area contributed by atoms with E-state index >= 15 is 0 Å². The summed E-state index contributed by atoms with van der Waals surface area (Å²) >= 11 is 7.28. The molecule has 1 unspecified atom stereocenters. The molecule has 184 valence electrons. The molecule has 0 aromatic heterocycles. The van der Waals surface area contributed by atoms with E-state index in [1.807, 2.05) is 48.5 Å². The maximum atomic E-state index is 13.7. The van der Waals surface area contributed by atoms with Gasteiger partial charge in [-0.2, -0.15) is 0 Å². The van der Waals surface area contributed by atoms with Crippen LogP contribution in [-0.4, -0.2) is 41.3 Å². The monoisotopic (exact) mass is 499 g/mol. The quantitative estimate of drug-likeness (QED) is 0.171. The van der Waals surface area contributed by atoms with Crippen LogP contribution in [0, 0.1) is 0 Å². The highest BCUT2D eigenvalue weighted by Crippen LogP contribution is 2.36. The predicted molar refractivity (Wildman–Crippen MR) is 146 cm³/mol. The Hall–Kier alpha value is -2.05. The van der Waals surface area contributed by atoms with Gasteiger partial charge < -0.3 is 14.4 Å². The zero-order valence-electron chi connectivity index (χ0n) is 20.5. The SMILES string of the molecule is CCCCOc1ccc(C(=O)C(SC(=S)N2CCCCC2)c2ccc(OCCCC)cc2)cc1. The number of nitrogens with zero attached hydrogens (tertiary/aromatic N) is 1. The number of hydrogen-bond donors (Lipinski definition) is 0. The summed E-state index contributed by atoms with van der Waals surface area (Å²) in [5.74, 6) is 1.69. The molecule has 1 saturated heterocycles. The van der Waals surface area contributed by atoms with E-state index < -0.39 is 5.25 Å². The number of unbranched alkanes of at least 4 members (excludes halogenated alkanes) is 2. The third kappa shape index (κ3) is 8.02. The Kier molecular flexibility index (Phi) is 11.2. The third-order valence-electron chi connectivity index (χ3n) is 5.93. The minimum Gasteiger partial charge on any atom is -0.494 e. The summed E-state index contributed by atoms with van der Waals surface area (Å²) < 4.78 is 12.4. The van der Waals surface area contributed by atoms with Crippen molar-refractivity contribution in [3.8, 4) is 11.5 Å². The first kappa shape index (κ1) is 26.6. The molecule has 3 rings (SSSR count). The molecule has 0 aliphatic carbocycles. The van der Waals surface area contributed by atoms with E-state index in [0.29, 0.717) is 18.8 Å². The average Bonchev–Trinajstić information content (AvgIpc) is 2.88. The summed E-state index contributed by atoms with van der Waals surface area (Å²) in [4.78, 5) is 15.9. The van der Waals surface area contributed by atoms with Crippen LogP contribution in [0.4, 0.5) is 0 Å². The van der Waals surface area contributed by atoms with Crippen molar-refractivity contribution in [2.45, 2.75) is 64.0 Å². The Balaban J connectivity index is 1.76. The Morgan fingerprint density at radius 1 is 0.882 bits per heavy atom. The van der Waals surface area contributed by atoms with Gasteiger partial charge in [-0.3, -0.25) is 4.79 Å². The molecule has 0 bridgehead atoms. The molecule has 0 radical (unpaired) electrons. The van der Waals surface area contributed by atoms with Crippen molar-refractivity contribution in [2.75, 3.05) is 26.3 Å². The second-order valence-electron chi connectivity index (χ2n) is 8.67. The van der Waals surface area contributed by atoms with Gasteiger partial charge in [0, 0.05) is 18.7 Å². The molecule has 1 atom stereocenters. The van der Waals surface area contributed by atoms with E-state index in [0.717, 1.165) is 73.0 Å². The number of rotatable bonds is 12. The minimum atomic E-state index is -0.397. The van der Waals surface area contributed by atoms with Crippen LogP contribution in [0.15, 0.2) is 48.5 Å². The molecule has 1 aliphatic heterocycles. The number of carbonyl (C=O) groups excluding carboxylic acids is 1. The number of piperidine rings is 1. The van der Waals surface area contributed by atoms with Crippen LogP contribution in [0.2, 0.25) is 0 Å².